The summed E-state index contributed by atoms with van der Waals surface area (Å²) in [5.74, 6) is 0.437. The molecule has 0 radical (unpaired) electrons. The van der Waals surface area contributed by atoms with Crippen LogP contribution < -0.4 is 15.6 Å². The number of hydrogen-bond donors (Lipinski definition) is 2. The summed E-state index contributed by atoms with van der Waals surface area (Å²) in [5.41, 5.74) is 3.91. The second-order valence-electron chi connectivity index (χ2n) is 12.0. The van der Waals surface area contributed by atoms with Gasteiger partial charge in [-0.15, -0.1) is 0 Å². The van der Waals surface area contributed by atoms with Crippen LogP contribution in [0.2, 0.25) is 0 Å². The van der Waals surface area contributed by atoms with Crippen LogP contribution in [0.5, 0.6) is 0 Å². The highest BCUT2D eigenvalue weighted by Gasteiger charge is 2.23. The maximum absolute atomic E-state index is 13.4. The summed E-state index contributed by atoms with van der Waals surface area (Å²) in [6.45, 7) is 8.29. The first-order valence-corrected chi connectivity index (χ1v) is 16.4. The summed E-state index contributed by atoms with van der Waals surface area (Å²) in [7, 11) is 0. The highest BCUT2D eigenvalue weighted by Crippen LogP contribution is 2.42. The number of ether oxygens (including phenoxy) is 2. The number of para-hydroxylation sites is 2. The number of rotatable bonds is 11. The Morgan fingerprint density at radius 2 is 1.60 bits per heavy atom. The normalized spacial score (nSPS) is 16.4. The number of aliphatic hydroxyl groups is 1. The molecule has 2 aliphatic rings. The average molecular weight is 641 g/mol. The fraction of sp³-hybridized carbons (Fsp3) is 0.389. The van der Waals surface area contributed by atoms with Crippen LogP contribution in [0.4, 0.5) is 11.6 Å². The zero-order valence-corrected chi connectivity index (χ0v) is 26.4. The molecular weight excluding hydrogens is 600 g/mol. The molecule has 1 amide bonds. The standard InChI is InChI=1S/C36H40N4O7/c41-18-4-19-44-20-15-38-11-13-39(14-12-38)24-32(43)37-29-10-9-26(36-34(29)28-5-1-2-8-31(28)46-36)25-6-3-7-27-30(42)23-33(47-35(25)27)40-16-21-45-22-17-40/h1-3,5-10,23,41H,4,11-22,24H2,(H,37,43). The molecule has 47 heavy (non-hydrogen) atoms. The number of furan rings is 1. The molecule has 0 unspecified atom stereocenters. The second kappa shape index (κ2) is 14.2. The lowest BCUT2D eigenvalue weighted by molar-refractivity contribution is -0.117. The van der Waals surface area contributed by atoms with Crippen LogP contribution in [-0.4, -0.2) is 106 Å². The van der Waals surface area contributed by atoms with Crippen LogP contribution in [0.3, 0.4) is 0 Å². The minimum atomic E-state index is -0.105. The number of fused-ring (bicyclic) bond motifs is 4. The SMILES string of the molecule is O=C(CN1CCN(CCOCCCO)CC1)Nc1ccc(-c2cccc3c(=O)cc(N4CCOCC4)oc23)c2oc3ccccc3c12. The zero-order chi connectivity index (χ0) is 32.2. The molecule has 3 aromatic carbocycles. The Balaban J connectivity index is 1.15. The van der Waals surface area contributed by atoms with Crippen LogP contribution >= 0.6 is 0 Å². The quantitative estimate of drug-likeness (QED) is 0.204. The van der Waals surface area contributed by atoms with E-state index in [4.69, 9.17) is 23.4 Å². The first-order valence-electron chi connectivity index (χ1n) is 16.4. The van der Waals surface area contributed by atoms with Crippen molar-refractivity contribution in [2.24, 2.45) is 0 Å². The van der Waals surface area contributed by atoms with Gasteiger partial charge in [-0.05, 0) is 30.7 Å². The predicted molar refractivity (Wildman–Crippen MR) is 182 cm³/mol. The Hall–Kier alpha value is -4.26. The number of hydrogen-bond acceptors (Lipinski definition) is 10. The van der Waals surface area contributed by atoms with Gasteiger partial charge in [0.05, 0.1) is 42.8 Å². The third-order valence-corrected chi connectivity index (χ3v) is 8.99. The van der Waals surface area contributed by atoms with E-state index in [0.717, 1.165) is 54.6 Å². The molecule has 2 saturated heterocycles. The lowest BCUT2D eigenvalue weighted by atomic mass is 9.99. The number of amides is 1. The van der Waals surface area contributed by atoms with E-state index in [0.29, 0.717) is 86.2 Å². The van der Waals surface area contributed by atoms with E-state index in [-0.39, 0.29) is 17.9 Å². The maximum atomic E-state index is 13.4. The highest BCUT2D eigenvalue weighted by molar-refractivity contribution is 6.18. The number of anilines is 2. The first kappa shape index (κ1) is 31.3. The number of carbonyl (C=O) groups is 1. The number of nitrogens with zero attached hydrogens (tertiary/aromatic N) is 3. The van der Waals surface area contributed by atoms with Crippen molar-refractivity contribution < 1.29 is 28.2 Å². The van der Waals surface area contributed by atoms with Crippen LogP contribution in [0.15, 0.2) is 74.3 Å². The lowest BCUT2D eigenvalue weighted by Gasteiger charge is -2.34. The van der Waals surface area contributed by atoms with E-state index in [2.05, 4.69) is 15.1 Å². The van der Waals surface area contributed by atoms with E-state index in [9.17, 15) is 9.59 Å². The van der Waals surface area contributed by atoms with E-state index in [1.807, 2.05) is 53.4 Å². The number of aliphatic hydroxyl groups excluding tert-OH is 1. The van der Waals surface area contributed by atoms with Gasteiger partial charge in [0.25, 0.3) is 0 Å². The minimum absolute atomic E-state index is 0.0866. The second-order valence-corrected chi connectivity index (χ2v) is 12.0. The highest BCUT2D eigenvalue weighted by atomic mass is 16.5. The van der Waals surface area contributed by atoms with Crippen molar-refractivity contribution in [3.63, 3.8) is 0 Å². The van der Waals surface area contributed by atoms with Gasteiger partial charge in [0.1, 0.15) is 16.7 Å². The molecule has 0 saturated carbocycles. The van der Waals surface area contributed by atoms with Gasteiger partial charge in [0.2, 0.25) is 5.91 Å². The fourth-order valence-corrected chi connectivity index (χ4v) is 6.49. The summed E-state index contributed by atoms with van der Waals surface area (Å²) in [6, 6.07) is 18.8. The van der Waals surface area contributed by atoms with Gasteiger partial charge in [0, 0.05) is 81.6 Å². The zero-order valence-electron chi connectivity index (χ0n) is 26.4. The lowest BCUT2D eigenvalue weighted by Crippen LogP contribution is -2.49. The molecular formula is C36H40N4O7. The van der Waals surface area contributed by atoms with E-state index in [1.54, 1.807) is 12.1 Å². The van der Waals surface area contributed by atoms with Gasteiger partial charge in [0.15, 0.2) is 11.3 Å². The van der Waals surface area contributed by atoms with Crippen LogP contribution in [0.25, 0.3) is 44.0 Å². The van der Waals surface area contributed by atoms with E-state index >= 15 is 0 Å². The summed E-state index contributed by atoms with van der Waals surface area (Å²) in [5, 5.41) is 14.3. The van der Waals surface area contributed by atoms with Gasteiger partial charge >= 0.3 is 0 Å². The van der Waals surface area contributed by atoms with Crippen molar-refractivity contribution >= 4 is 50.4 Å². The molecule has 0 aliphatic carbocycles. The summed E-state index contributed by atoms with van der Waals surface area (Å²) < 4.78 is 24.0. The summed E-state index contributed by atoms with van der Waals surface area (Å²) in [6.07, 6.45) is 0.657. The predicted octanol–water partition coefficient (Wildman–Crippen LogP) is 4.15. The molecule has 2 aromatic heterocycles. The molecule has 246 valence electrons. The number of piperazine rings is 1. The van der Waals surface area contributed by atoms with E-state index < -0.39 is 0 Å². The molecule has 7 rings (SSSR count). The number of carbonyl (C=O) groups excluding carboxylic acids is 1. The van der Waals surface area contributed by atoms with Gasteiger partial charge in [-0.3, -0.25) is 19.4 Å². The number of morpholine rings is 1. The molecule has 5 aromatic rings. The molecule has 0 atom stereocenters. The van der Waals surface area contributed by atoms with Crippen molar-refractivity contribution in [3.8, 4) is 11.1 Å². The van der Waals surface area contributed by atoms with Crippen molar-refractivity contribution in [3.05, 3.63) is 70.9 Å². The third kappa shape index (κ3) is 6.76. The monoisotopic (exact) mass is 640 g/mol. The minimum Gasteiger partial charge on any atom is -0.455 e. The van der Waals surface area contributed by atoms with Crippen molar-refractivity contribution in [2.45, 2.75) is 6.42 Å². The topological polar surface area (TPSA) is 121 Å². The van der Waals surface area contributed by atoms with E-state index in [1.165, 1.54) is 0 Å². The maximum Gasteiger partial charge on any atom is 0.238 e. The first-order chi connectivity index (χ1) is 23.1. The Kier molecular flexibility index (Phi) is 9.50. The Morgan fingerprint density at radius 3 is 2.43 bits per heavy atom. The average Bonchev–Trinajstić information content (AvgIpc) is 3.50. The summed E-state index contributed by atoms with van der Waals surface area (Å²) in [4.78, 5) is 33.2. The molecule has 2 N–H and O–H groups in total. The molecule has 11 heteroatoms. The fourth-order valence-electron chi connectivity index (χ4n) is 6.49. The van der Waals surface area contributed by atoms with Gasteiger partial charge in [-0.1, -0.05) is 30.3 Å². The van der Waals surface area contributed by atoms with Crippen molar-refractivity contribution in [2.75, 3.05) is 95.6 Å². The van der Waals surface area contributed by atoms with Crippen molar-refractivity contribution in [1.82, 2.24) is 9.80 Å². The Morgan fingerprint density at radius 1 is 0.830 bits per heavy atom. The Bertz CT molecular complexity index is 1920. The molecule has 4 heterocycles. The van der Waals surface area contributed by atoms with Crippen molar-refractivity contribution in [1.29, 1.82) is 0 Å². The third-order valence-electron chi connectivity index (χ3n) is 8.99. The molecule has 11 nitrogen and oxygen atoms in total. The molecule has 0 bridgehead atoms. The van der Waals surface area contributed by atoms with Gasteiger partial charge in [-0.25, -0.2) is 0 Å². The van der Waals surface area contributed by atoms with Gasteiger partial charge < -0.3 is 33.6 Å². The van der Waals surface area contributed by atoms with Crippen LogP contribution in [-0.2, 0) is 14.3 Å². The largest absolute Gasteiger partial charge is 0.455 e. The molecule has 0 spiro atoms. The number of nitrogens with one attached hydrogen (secondary N) is 1. The van der Waals surface area contributed by atoms with Gasteiger partial charge in [-0.2, -0.15) is 0 Å². The molecule has 2 aliphatic heterocycles. The van der Waals surface area contributed by atoms with Crippen LogP contribution in [0.1, 0.15) is 6.42 Å². The Labute approximate surface area is 272 Å². The smallest absolute Gasteiger partial charge is 0.238 e. The van der Waals surface area contributed by atoms with Crippen LogP contribution in [0, 0.1) is 0 Å². The molecule has 2 fully saturated rings. The number of benzene rings is 3. The summed E-state index contributed by atoms with van der Waals surface area (Å²) >= 11 is 0.